The molecule has 0 unspecified atom stereocenters. The Hall–Kier alpha value is -15.3. The van der Waals surface area contributed by atoms with Crippen LogP contribution in [0.5, 0.6) is 0 Å². The molecule has 16 aromatic carbocycles. The summed E-state index contributed by atoms with van der Waals surface area (Å²) >= 11 is 3.39. The number of para-hydroxylation sites is 2. The van der Waals surface area contributed by atoms with Crippen molar-refractivity contribution in [3.63, 3.8) is 0 Å². The largest absolute Gasteiger partial charge is 0.243 e. The zero-order valence-corrected chi connectivity index (χ0v) is 65.0. The Morgan fingerprint density at radius 3 is 0.814 bits per heavy atom. The van der Waals surface area contributed by atoms with Gasteiger partial charge in [0, 0.05) is 53.6 Å². The Bertz CT molecular complexity index is 7510. The van der Waals surface area contributed by atoms with Crippen molar-refractivity contribution in [2.75, 3.05) is 0 Å². The average molecular weight is 1540 g/mol. The van der Waals surface area contributed by atoms with E-state index in [0.717, 1.165) is 154 Å². The van der Waals surface area contributed by atoms with Gasteiger partial charge in [0.15, 0.2) is 34.9 Å². The third-order valence-electron chi connectivity index (χ3n) is 21.5. The van der Waals surface area contributed by atoms with Crippen molar-refractivity contribution >= 4 is 85.6 Å². The molecule has 0 atom stereocenters. The predicted molar refractivity (Wildman–Crippen MR) is 488 cm³/mol. The first-order chi connectivity index (χ1) is 58.4. The maximum atomic E-state index is 5.08. The number of rotatable bonds is 14. The zero-order chi connectivity index (χ0) is 78.2. The first kappa shape index (κ1) is 70.5. The van der Waals surface area contributed by atoms with Crippen molar-refractivity contribution in [2.45, 2.75) is 0 Å². The van der Waals surface area contributed by atoms with Crippen LogP contribution in [0.3, 0.4) is 0 Å². The molecule has 0 aliphatic rings. The van der Waals surface area contributed by atoms with E-state index < -0.39 is 0 Å². The highest BCUT2D eigenvalue weighted by molar-refractivity contribution is 7.25. The Labute approximate surface area is 688 Å². The highest BCUT2D eigenvalue weighted by atomic mass is 32.1. The second kappa shape index (κ2) is 30.9. The van der Waals surface area contributed by atoms with Crippen LogP contribution in [0.15, 0.2) is 400 Å². The maximum absolute atomic E-state index is 5.08. The Kier molecular flexibility index (Phi) is 18.4. The monoisotopic (exact) mass is 1540 g/mol. The number of aromatic nitrogens is 10. The lowest BCUT2D eigenvalue weighted by Crippen LogP contribution is -2.00. The van der Waals surface area contributed by atoms with Gasteiger partial charge in [-0.15, -0.1) is 22.7 Å². The van der Waals surface area contributed by atoms with Crippen LogP contribution in [0.25, 0.3) is 220 Å². The van der Waals surface area contributed by atoms with Gasteiger partial charge in [-0.05, 0) is 150 Å². The molecule has 0 radical (unpaired) electrons. The standard InChI is InChI=1S/2C53H33N5S/c1-3-11-34(12-4-1)35-25-27-39(28-26-35)51-56-50(38-13-5-2-6-14-38)57-52(58-51)44-18-10-16-41(32-44)37-23-21-36(22-24-37)40-15-9-17-42(31-40)43-29-30-45-48(33-43)59-53-49(45)54-46-19-7-8-20-47(46)55-53;1-3-11-34(12-4-1)35-25-27-39(28-26-35)51-56-50(38-13-5-2-6-14-38)57-52(58-51)44-18-10-16-41(32-44)37-23-21-36(22-24-37)40-15-9-17-42(31-40)43-29-30-46-47(33-43)54-49-45-19-7-8-20-48(45)59-53(49)55-46/h2*1-33H. The predicted octanol–water partition coefficient (Wildman–Crippen LogP) is 27.7. The van der Waals surface area contributed by atoms with Gasteiger partial charge in [-0.3, -0.25) is 0 Å². The lowest BCUT2D eigenvalue weighted by Gasteiger charge is -2.11. The fraction of sp³-hybridized carbons (Fsp3) is 0. The first-order valence-electron chi connectivity index (χ1n) is 39.1. The molecular weight excluding hydrogens is 1480 g/mol. The van der Waals surface area contributed by atoms with Gasteiger partial charge in [0.25, 0.3) is 0 Å². The Balaban J connectivity index is 0.000000147. The summed E-state index contributed by atoms with van der Waals surface area (Å²) in [6, 6.07) is 139. The highest BCUT2D eigenvalue weighted by Gasteiger charge is 2.19. The minimum Gasteiger partial charge on any atom is -0.243 e. The third-order valence-corrected chi connectivity index (χ3v) is 23.6. The molecule has 22 aromatic rings. The summed E-state index contributed by atoms with van der Waals surface area (Å²) in [5.74, 6) is 3.81. The van der Waals surface area contributed by atoms with Crippen LogP contribution in [0.2, 0.25) is 0 Å². The van der Waals surface area contributed by atoms with Crippen molar-refractivity contribution in [3.8, 4) is 157 Å². The van der Waals surface area contributed by atoms with Crippen LogP contribution in [-0.2, 0) is 0 Å². The molecule has 0 aliphatic heterocycles. The molecule has 118 heavy (non-hydrogen) atoms. The second-order valence-electron chi connectivity index (χ2n) is 29.1. The van der Waals surface area contributed by atoms with Crippen LogP contribution in [0, 0.1) is 0 Å². The molecule has 0 bridgehead atoms. The molecule has 0 saturated carbocycles. The van der Waals surface area contributed by atoms with Crippen molar-refractivity contribution in [2.24, 2.45) is 0 Å². The number of benzene rings is 16. The summed E-state index contributed by atoms with van der Waals surface area (Å²) in [4.78, 5) is 51.8. The normalized spacial score (nSPS) is 11.4. The number of thiophene rings is 2. The number of fused-ring (bicyclic) bond motifs is 8. The van der Waals surface area contributed by atoms with Gasteiger partial charge in [-0.25, -0.2) is 49.8 Å². The summed E-state index contributed by atoms with van der Waals surface area (Å²) in [5, 5.41) is 2.30. The van der Waals surface area contributed by atoms with Crippen LogP contribution in [-0.4, -0.2) is 49.8 Å². The van der Waals surface area contributed by atoms with Crippen molar-refractivity contribution in [1.82, 2.24) is 49.8 Å². The van der Waals surface area contributed by atoms with Crippen LogP contribution < -0.4 is 0 Å². The van der Waals surface area contributed by atoms with Crippen molar-refractivity contribution < 1.29 is 0 Å². The molecule has 22 rings (SSSR count). The average Bonchev–Trinajstić information content (AvgIpc) is 1.60. The third kappa shape index (κ3) is 14.3. The number of hydrogen-bond acceptors (Lipinski definition) is 12. The number of nitrogens with zero attached hydrogens (tertiary/aromatic N) is 10. The SMILES string of the molecule is c1ccc(-c2ccc(-c3nc(-c4ccccc4)nc(-c4cccc(-c5ccc(-c6cccc(-c7ccc8c(c7)sc7nc9ccccc9nc78)c6)cc5)c4)n3)cc2)cc1.c1ccc(-c2ccc(-c3nc(-c4ccccc4)nc(-c4cccc(-c5ccc(-c6cccc(-c7ccc8nc9sc%10ccccc%10c9nc8c7)c6)cc5)c4)n3)cc2)cc1. The van der Waals surface area contributed by atoms with Crippen molar-refractivity contribution in [3.05, 3.63) is 400 Å². The maximum Gasteiger partial charge on any atom is 0.164 e. The van der Waals surface area contributed by atoms with Gasteiger partial charge >= 0.3 is 0 Å². The lowest BCUT2D eigenvalue weighted by molar-refractivity contribution is 1.07. The van der Waals surface area contributed by atoms with Gasteiger partial charge in [0.1, 0.15) is 20.7 Å². The molecule has 0 amide bonds. The molecule has 6 heterocycles. The molecule has 0 spiro atoms. The molecule has 552 valence electrons. The van der Waals surface area contributed by atoms with E-state index in [0.29, 0.717) is 34.9 Å². The van der Waals surface area contributed by atoms with E-state index in [2.05, 4.69) is 303 Å². The van der Waals surface area contributed by atoms with Gasteiger partial charge < -0.3 is 0 Å². The Morgan fingerprint density at radius 2 is 0.381 bits per heavy atom. The molecule has 10 nitrogen and oxygen atoms in total. The summed E-state index contributed by atoms with van der Waals surface area (Å²) in [5.41, 5.74) is 29.4. The van der Waals surface area contributed by atoms with E-state index in [4.69, 9.17) is 49.8 Å². The quantitative estimate of drug-likeness (QED) is 0.104. The molecule has 0 saturated heterocycles. The summed E-state index contributed by atoms with van der Waals surface area (Å²) in [6.45, 7) is 0. The van der Waals surface area contributed by atoms with E-state index in [1.54, 1.807) is 22.7 Å². The van der Waals surface area contributed by atoms with E-state index >= 15 is 0 Å². The van der Waals surface area contributed by atoms with Crippen LogP contribution in [0.1, 0.15) is 0 Å². The summed E-state index contributed by atoms with van der Waals surface area (Å²) in [7, 11) is 0. The molecule has 0 aliphatic carbocycles. The van der Waals surface area contributed by atoms with E-state index in [1.807, 2.05) is 97.1 Å². The smallest absolute Gasteiger partial charge is 0.164 e. The van der Waals surface area contributed by atoms with Crippen LogP contribution in [0.4, 0.5) is 0 Å². The summed E-state index contributed by atoms with van der Waals surface area (Å²) < 4.78 is 2.40. The fourth-order valence-electron chi connectivity index (χ4n) is 15.4. The number of hydrogen-bond donors (Lipinski definition) is 0. The highest BCUT2D eigenvalue weighted by Crippen LogP contribution is 2.41. The van der Waals surface area contributed by atoms with E-state index in [9.17, 15) is 0 Å². The zero-order valence-electron chi connectivity index (χ0n) is 63.4. The van der Waals surface area contributed by atoms with Crippen LogP contribution >= 0.6 is 22.7 Å². The second-order valence-corrected chi connectivity index (χ2v) is 31.1. The molecule has 0 N–H and O–H groups in total. The topological polar surface area (TPSA) is 129 Å². The molecular formula is C106H66N10S2. The first-order valence-corrected chi connectivity index (χ1v) is 40.8. The molecule has 0 fully saturated rings. The van der Waals surface area contributed by atoms with Crippen molar-refractivity contribution in [1.29, 1.82) is 0 Å². The minimum absolute atomic E-state index is 0.629. The molecule has 12 heteroatoms. The van der Waals surface area contributed by atoms with E-state index in [-0.39, 0.29) is 0 Å². The van der Waals surface area contributed by atoms with E-state index in [1.165, 1.54) is 31.7 Å². The fourth-order valence-corrected chi connectivity index (χ4v) is 17.5. The lowest BCUT2D eigenvalue weighted by atomic mass is 9.96. The van der Waals surface area contributed by atoms with Gasteiger partial charge in [0.05, 0.1) is 22.1 Å². The van der Waals surface area contributed by atoms with Gasteiger partial charge in [-0.2, -0.15) is 0 Å². The van der Waals surface area contributed by atoms with Gasteiger partial charge in [-0.1, -0.05) is 340 Å². The summed E-state index contributed by atoms with van der Waals surface area (Å²) in [6.07, 6.45) is 0. The molecule has 6 aromatic heterocycles. The minimum atomic E-state index is 0.629. The van der Waals surface area contributed by atoms with Gasteiger partial charge in [0.2, 0.25) is 0 Å². The Morgan fingerprint density at radius 1 is 0.136 bits per heavy atom.